The minimum Gasteiger partial charge on any atom is -0.316 e. The number of likely N-dealkylation sites (tertiary alicyclic amines) is 1. The first-order valence-electron chi connectivity index (χ1n) is 7.06. The number of piperidine rings is 1. The molecular formula is C14H22ClN3O2S. The van der Waals surface area contributed by atoms with Crippen LogP contribution in [0.25, 0.3) is 0 Å². The first-order chi connectivity index (χ1) is 9.92. The Morgan fingerprint density at radius 2 is 2.19 bits per heavy atom. The average molecular weight is 332 g/mol. The molecule has 1 atom stereocenters. The fourth-order valence-electron chi connectivity index (χ4n) is 2.58. The topological polar surface area (TPSA) is 61.4 Å². The molecule has 7 heteroatoms. The second kappa shape index (κ2) is 7.07. The van der Waals surface area contributed by atoms with Gasteiger partial charge in [0, 0.05) is 24.2 Å². The van der Waals surface area contributed by atoms with Gasteiger partial charge in [0.1, 0.15) is 0 Å². The van der Waals surface area contributed by atoms with Crippen LogP contribution in [0.1, 0.15) is 18.4 Å². The van der Waals surface area contributed by atoms with Crippen molar-refractivity contribution in [1.29, 1.82) is 0 Å². The molecule has 1 aromatic carbocycles. The average Bonchev–Trinajstić information content (AvgIpc) is 2.40. The summed E-state index contributed by atoms with van der Waals surface area (Å²) in [6, 6.07) is 4.83. The van der Waals surface area contributed by atoms with Crippen LogP contribution in [-0.2, 0) is 16.6 Å². The summed E-state index contributed by atoms with van der Waals surface area (Å²) in [5.41, 5.74) is 0.885. The number of hydrogen-bond donors (Lipinski definition) is 2. The van der Waals surface area contributed by atoms with E-state index in [1.165, 1.54) is 6.07 Å². The molecule has 0 bridgehead atoms. The summed E-state index contributed by atoms with van der Waals surface area (Å²) >= 11 is 6.14. The molecule has 2 rings (SSSR count). The van der Waals surface area contributed by atoms with Crippen molar-refractivity contribution in [2.45, 2.75) is 30.3 Å². The summed E-state index contributed by atoms with van der Waals surface area (Å²) in [5, 5.41) is 3.46. The fourth-order valence-corrected chi connectivity index (χ4v) is 4.18. The molecule has 21 heavy (non-hydrogen) atoms. The quantitative estimate of drug-likeness (QED) is 0.857. The molecule has 0 aliphatic carbocycles. The third-order valence-electron chi connectivity index (χ3n) is 3.65. The lowest BCUT2D eigenvalue weighted by Crippen LogP contribution is -2.46. The normalized spacial score (nSPS) is 20.6. The van der Waals surface area contributed by atoms with Crippen molar-refractivity contribution in [2.75, 3.05) is 27.2 Å². The molecule has 1 aromatic rings. The van der Waals surface area contributed by atoms with E-state index in [-0.39, 0.29) is 10.9 Å². The second-order valence-electron chi connectivity index (χ2n) is 5.51. The fraction of sp³-hybridized carbons (Fsp3) is 0.571. The zero-order valence-electron chi connectivity index (χ0n) is 12.4. The number of nitrogens with one attached hydrogen (secondary N) is 2. The minimum atomic E-state index is -3.52. The summed E-state index contributed by atoms with van der Waals surface area (Å²) in [4.78, 5) is 2.36. The van der Waals surface area contributed by atoms with Crippen molar-refractivity contribution in [3.63, 3.8) is 0 Å². The largest absolute Gasteiger partial charge is 0.316 e. The number of likely N-dealkylation sites (N-methyl/N-ethyl adjacent to an activating group) is 1. The SMILES string of the molecule is CNCc1ccc(S(=O)(=O)NC2CCCN(C)C2)cc1Cl. The summed E-state index contributed by atoms with van der Waals surface area (Å²) in [6.07, 6.45) is 1.88. The predicted octanol–water partition coefficient (Wildman–Crippen LogP) is 1.43. The molecule has 1 aliphatic heterocycles. The number of benzene rings is 1. The Morgan fingerprint density at radius 1 is 1.43 bits per heavy atom. The Hall–Kier alpha value is -0.660. The lowest BCUT2D eigenvalue weighted by molar-refractivity contribution is 0.242. The van der Waals surface area contributed by atoms with Gasteiger partial charge in [0.25, 0.3) is 0 Å². The van der Waals surface area contributed by atoms with Crippen molar-refractivity contribution in [3.8, 4) is 0 Å². The molecule has 1 heterocycles. The van der Waals surface area contributed by atoms with E-state index >= 15 is 0 Å². The molecule has 0 spiro atoms. The number of halogens is 1. The standard InChI is InChI=1S/C14H22ClN3O2S/c1-16-9-11-5-6-13(8-14(11)15)21(19,20)17-12-4-3-7-18(2)10-12/h5-6,8,12,16-17H,3-4,7,9-10H2,1-2H3. The van der Waals surface area contributed by atoms with Crippen LogP contribution in [0.15, 0.2) is 23.1 Å². The lowest BCUT2D eigenvalue weighted by Gasteiger charge is -2.30. The Morgan fingerprint density at radius 3 is 2.81 bits per heavy atom. The minimum absolute atomic E-state index is 0.0375. The highest BCUT2D eigenvalue weighted by atomic mass is 35.5. The molecule has 118 valence electrons. The first-order valence-corrected chi connectivity index (χ1v) is 8.92. The molecule has 1 aliphatic rings. The van der Waals surface area contributed by atoms with E-state index in [0.29, 0.717) is 11.6 Å². The first kappa shape index (κ1) is 16.7. The Balaban J connectivity index is 2.13. The van der Waals surface area contributed by atoms with E-state index in [4.69, 9.17) is 11.6 Å². The number of hydrogen-bond acceptors (Lipinski definition) is 4. The number of rotatable bonds is 5. The molecule has 5 nitrogen and oxygen atoms in total. The maximum absolute atomic E-state index is 12.4. The molecule has 1 fully saturated rings. The van der Waals surface area contributed by atoms with Gasteiger partial charge in [0.15, 0.2) is 0 Å². The molecule has 0 amide bonds. The van der Waals surface area contributed by atoms with Gasteiger partial charge in [0.05, 0.1) is 4.90 Å². The molecule has 0 saturated carbocycles. The summed E-state index contributed by atoms with van der Waals surface area (Å²) in [5.74, 6) is 0. The number of sulfonamides is 1. The smallest absolute Gasteiger partial charge is 0.240 e. The van der Waals surface area contributed by atoms with Gasteiger partial charge < -0.3 is 10.2 Å². The van der Waals surface area contributed by atoms with Gasteiger partial charge >= 0.3 is 0 Å². The summed E-state index contributed by atoms with van der Waals surface area (Å²) in [6.45, 7) is 2.37. The highest BCUT2D eigenvalue weighted by Gasteiger charge is 2.24. The van der Waals surface area contributed by atoms with Gasteiger partial charge in [-0.05, 0) is 51.2 Å². The van der Waals surface area contributed by atoms with Gasteiger partial charge in [-0.15, -0.1) is 0 Å². The third-order valence-corrected chi connectivity index (χ3v) is 5.52. The molecule has 1 saturated heterocycles. The van der Waals surface area contributed by atoms with Crippen LogP contribution in [0, 0.1) is 0 Å². The molecule has 2 N–H and O–H groups in total. The van der Waals surface area contributed by atoms with Crippen molar-refractivity contribution in [3.05, 3.63) is 28.8 Å². The van der Waals surface area contributed by atoms with E-state index in [2.05, 4.69) is 14.9 Å². The van der Waals surface area contributed by atoms with Crippen molar-refractivity contribution >= 4 is 21.6 Å². The Labute approximate surface area is 131 Å². The van der Waals surface area contributed by atoms with E-state index in [0.717, 1.165) is 31.5 Å². The zero-order chi connectivity index (χ0) is 15.5. The molecule has 0 radical (unpaired) electrons. The maximum Gasteiger partial charge on any atom is 0.240 e. The van der Waals surface area contributed by atoms with Crippen molar-refractivity contribution in [1.82, 2.24) is 14.9 Å². The highest BCUT2D eigenvalue weighted by molar-refractivity contribution is 7.89. The van der Waals surface area contributed by atoms with Gasteiger partial charge in [0.2, 0.25) is 10.0 Å². The van der Waals surface area contributed by atoms with Crippen molar-refractivity contribution in [2.24, 2.45) is 0 Å². The summed E-state index contributed by atoms with van der Waals surface area (Å²) in [7, 11) is 0.306. The van der Waals surface area contributed by atoms with E-state index < -0.39 is 10.0 Å². The van der Waals surface area contributed by atoms with Crippen LogP contribution in [0.4, 0.5) is 0 Å². The second-order valence-corrected chi connectivity index (χ2v) is 7.63. The summed E-state index contributed by atoms with van der Waals surface area (Å²) < 4.78 is 27.6. The van der Waals surface area contributed by atoms with Crippen LogP contribution in [-0.4, -0.2) is 46.5 Å². The van der Waals surface area contributed by atoms with Crippen LogP contribution in [0.3, 0.4) is 0 Å². The monoisotopic (exact) mass is 331 g/mol. The molecular weight excluding hydrogens is 310 g/mol. The Kier molecular flexibility index (Phi) is 5.62. The van der Waals surface area contributed by atoms with E-state index in [1.807, 2.05) is 14.1 Å². The molecule has 0 aromatic heterocycles. The van der Waals surface area contributed by atoms with Gasteiger partial charge in [-0.25, -0.2) is 13.1 Å². The van der Waals surface area contributed by atoms with Gasteiger partial charge in [-0.2, -0.15) is 0 Å². The van der Waals surface area contributed by atoms with Crippen molar-refractivity contribution < 1.29 is 8.42 Å². The van der Waals surface area contributed by atoms with Gasteiger partial charge in [-0.3, -0.25) is 0 Å². The van der Waals surface area contributed by atoms with Crippen LogP contribution in [0.2, 0.25) is 5.02 Å². The van der Waals surface area contributed by atoms with Crippen LogP contribution < -0.4 is 10.0 Å². The Bertz CT molecular complexity index is 592. The maximum atomic E-state index is 12.4. The van der Waals surface area contributed by atoms with Crippen LogP contribution in [0.5, 0.6) is 0 Å². The number of nitrogens with zero attached hydrogens (tertiary/aromatic N) is 1. The van der Waals surface area contributed by atoms with Gasteiger partial charge in [-0.1, -0.05) is 17.7 Å². The zero-order valence-corrected chi connectivity index (χ0v) is 14.0. The lowest BCUT2D eigenvalue weighted by atomic mass is 10.1. The van der Waals surface area contributed by atoms with E-state index in [1.54, 1.807) is 12.1 Å². The molecule has 1 unspecified atom stereocenters. The van der Waals surface area contributed by atoms with E-state index in [9.17, 15) is 8.42 Å². The van der Waals surface area contributed by atoms with Crippen LogP contribution >= 0.6 is 11.6 Å². The predicted molar refractivity (Wildman–Crippen MR) is 85.1 cm³/mol. The highest BCUT2D eigenvalue weighted by Crippen LogP contribution is 2.21. The third kappa shape index (κ3) is 4.40.